The van der Waals surface area contributed by atoms with Crippen LogP contribution in [0.4, 0.5) is 0 Å². The second-order valence-electron chi connectivity index (χ2n) is 5.95. The van der Waals surface area contributed by atoms with Gasteiger partial charge in [-0.3, -0.25) is 0 Å². The van der Waals surface area contributed by atoms with E-state index in [1.54, 1.807) is 0 Å². The van der Waals surface area contributed by atoms with Gasteiger partial charge in [-0.1, -0.05) is 18.5 Å². The van der Waals surface area contributed by atoms with Crippen molar-refractivity contribution in [2.45, 2.75) is 31.7 Å². The average Bonchev–Trinajstić information content (AvgIpc) is 3.03. The van der Waals surface area contributed by atoms with Gasteiger partial charge in [0.2, 0.25) is 0 Å². The van der Waals surface area contributed by atoms with Gasteiger partial charge in [0.1, 0.15) is 5.82 Å². The Morgan fingerprint density at radius 1 is 1.32 bits per heavy atom. The molecule has 1 aromatic heterocycles. The van der Waals surface area contributed by atoms with Crippen molar-refractivity contribution in [2.75, 3.05) is 13.1 Å². The lowest BCUT2D eigenvalue weighted by molar-refractivity contribution is 0.519. The lowest BCUT2D eigenvalue weighted by Crippen LogP contribution is -2.14. The van der Waals surface area contributed by atoms with Crippen molar-refractivity contribution in [1.82, 2.24) is 14.9 Å². The maximum absolute atomic E-state index is 6.16. The van der Waals surface area contributed by atoms with Gasteiger partial charge in [0.05, 0.1) is 11.0 Å². The highest BCUT2D eigenvalue weighted by Gasteiger charge is 2.34. The molecule has 1 saturated carbocycles. The molecule has 2 atom stereocenters. The fourth-order valence-electron chi connectivity index (χ4n) is 3.22. The summed E-state index contributed by atoms with van der Waals surface area (Å²) in [6.45, 7) is 4.46. The summed E-state index contributed by atoms with van der Waals surface area (Å²) in [5.41, 5.74) is 2.30. The number of nitrogens with zero attached hydrogens (tertiary/aromatic N) is 2. The third-order valence-electron chi connectivity index (χ3n) is 4.44. The van der Waals surface area contributed by atoms with Crippen LogP contribution in [-0.2, 0) is 0 Å². The zero-order valence-corrected chi connectivity index (χ0v) is 11.8. The highest BCUT2D eigenvalue weighted by atomic mass is 35.5. The van der Waals surface area contributed by atoms with E-state index in [-0.39, 0.29) is 0 Å². The maximum Gasteiger partial charge on any atom is 0.114 e. The number of aromatic nitrogens is 2. The standard InChI is InChI=1S/C15H18ClN3/c1-9-7-17-8-12(9)15-18-13-5-2-10(16)6-14(13)19(15)11-3-4-11/h2,5-6,9,11-12,17H,3-4,7-8H2,1H3. The molecule has 0 amide bonds. The second kappa shape index (κ2) is 4.22. The van der Waals surface area contributed by atoms with Crippen LogP contribution in [0.25, 0.3) is 11.0 Å². The number of benzene rings is 1. The Labute approximate surface area is 118 Å². The molecule has 1 aliphatic carbocycles. The van der Waals surface area contributed by atoms with Crippen LogP contribution < -0.4 is 5.32 Å². The predicted molar refractivity (Wildman–Crippen MR) is 77.8 cm³/mol. The second-order valence-corrected chi connectivity index (χ2v) is 6.38. The number of nitrogens with one attached hydrogen (secondary N) is 1. The molecule has 1 aliphatic heterocycles. The number of hydrogen-bond donors (Lipinski definition) is 1. The van der Waals surface area contributed by atoms with E-state index < -0.39 is 0 Å². The molecule has 1 saturated heterocycles. The first-order valence-corrected chi connectivity index (χ1v) is 7.50. The summed E-state index contributed by atoms with van der Waals surface area (Å²) in [5, 5.41) is 4.29. The van der Waals surface area contributed by atoms with Gasteiger partial charge in [0.15, 0.2) is 0 Å². The van der Waals surface area contributed by atoms with E-state index in [1.165, 1.54) is 24.2 Å². The van der Waals surface area contributed by atoms with Gasteiger partial charge in [0.25, 0.3) is 0 Å². The number of imidazole rings is 1. The molecule has 2 aliphatic rings. The Morgan fingerprint density at radius 3 is 2.84 bits per heavy atom. The summed E-state index contributed by atoms with van der Waals surface area (Å²) in [4.78, 5) is 4.91. The van der Waals surface area contributed by atoms with Crippen LogP contribution in [0.5, 0.6) is 0 Å². The van der Waals surface area contributed by atoms with E-state index >= 15 is 0 Å². The minimum Gasteiger partial charge on any atom is -0.325 e. The molecule has 2 unspecified atom stereocenters. The van der Waals surface area contributed by atoms with E-state index in [1.807, 2.05) is 12.1 Å². The highest BCUT2D eigenvalue weighted by molar-refractivity contribution is 6.31. The van der Waals surface area contributed by atoms with Gasteiger partial charge in [-0.15, -0.1) is 0 Å². The zero-order chi connectivity index (χ0) is 13.0. The fourth-order valence-corrected chi connectivity index (χ4v) is 3.38. The number of rotatable bonds is 2. The molecular formula is C15H18ClN3. The van der Waals surface area contributed by atoms with Crippen LogP contribution in [0.1, 0.15) is 37.5 Å². The zero-order valence-electron chi connectivity index (χ0n) is 11.1. The van der Waals surface area contributed by atoms with Gasteiger partial charge in [-0.25, -0.2) is 4.98 Å². The molecule has 2 fully saturated rings. The van der Waals surface area contributed by atoms with Gasteiger partial charge in [-0.05, 0) is 43.5 Å². The third-order valence-corrected chi connectivity index (χ3v) is 4.68. The molecule has 2 aromatic rings. The van der Waals surface area contributed by atoms with Crippen LogP contribution in [0.15, 0.2) is 18.2 Å². The largest absolute Gasteiger partial charge is 0.325 e. The normalized spacial score (nSPS) is 27.3. The first-order chi connectivity index (χ1) is 9.24. The topological polar surface area (TPSA) is 29.9 Å². The Balaban J connectivity index is 1.91. The van der Waals surface area contributed by atoms with Crippen molar-refractivity contribution < 1.29 is 0 Å². The van der Waals surface area contributed by atoms with E-state index in [0.717, 1.165) is 23.6 Å². The summed E-state index contributed by atoms with van der Waals surface area (Å²) in [5.74, 6) is 2.45. The highest BCUT2D eigenvalue weighted by Crippen LogP contribution is 2.42. The van der Waals surface area contributed by atoms with Crippen LogP contribution in [0.2, 0.25) is 5.02 Å². The Kier molecular flexibility index (Phi) is 2.61. The van der Waals surface area contributed by atoms with Crippen molar-refractivity contribution in [3.8, 4) is 0 Å². The fraction of sp³-hybridized carbons (Fsp3) is 0.533. The smallest absolute Gasteiger partial charge is 0.114 e. The number of halogens is 1. The quantitative estimate of drug-likeness (QED) is 0.911. The van der Waals surface area contributed by atoms with Gasteiger partial charge in [0, 0.05) is 23.5 Å². The van der Waals surface area contributed by atoms with Crippen molar-refractivity contribution in [3.05, 3.63) is 29.0 Å². The molecule has 100 valence electrons. The summed E-state index contributed by atoms with van der Waals surface area (Å²) < 4.78 is 2.45. The van der Waals surface area contributed by atoms with E-state index in [2.05, 4.69) is 22.9 Å². The van der Waals surface area contributed by atoms with Crippen molar-refractivity contribution in [1.29, 1.82) is 0 Å². The SMILES string of the molecule is CC1CNCC1c1nc2ccc(Cl)cc2n1C1CC1. The first kappa shape index (κ1) is 11.7. The molecule has 1 N–H and O–H groups in total. The molecule has 2 heterocycles. The Bertz CT molecular complexity index is 630. The Hall–Kier alpha value is -1.06. The molecule has 0 spiro atoms. The summed E-state index contributed by atoms with van der Waals surface area (Å²) in [6.07, 6.45) is 2.55. The van der Waals surface area contributed by atoms with Gasteiger partial charge >= 0.3 is 0 Å². The van der Waals surface area contributed by atoms with E-state index in [9.17, 15) is 0 Å². The maximum atomic E-state index is 6.16. The molecule has 19 heavy (non-hydrogen) atoms. The van der Waals surface area contributed by atoms with Crippen LogP contribution in [0.3, 0.4) is 0 Å². The third kappa shape index (κ3) is 1.87. The molecular weight excluding hydrogens is 258 g/mol. The first-order valence-electron chi connectivity index (χ1n) is 7.12. The molecule has 1 aromatic carbocycles. The number of hydrogen-bond acceptors (Lipinski definition) is 2. The summed E-state index contributed by atoms with van der Waals surface area (Å²) >= 11 is 6.16. The van der Waals surface area contributed by atoms with E-state index in [0.29, 0.717) is 17.9 Å². The molecule has 0 bridgehead atoms. The van der Waals surface area contributed by atoms with Crippen molar-refractivity contribution in [2.24, 2.45) is 5.92 Å². The summed E-state index contributed by atoms with van der Waals surface area (Å²) in [6, 6.07) is 6.70. The average molecular weight is 276 g/mol. The van der Waals surface area contributed by atoms with Crippen molar-refractivity contribution >= 4 is 22.6 Å². The van der Waals surface area contributed by atoms with Crippen molar-refractivity contribution in [3.63, 3.8) is 0 Å². The molecule has 4 heteroatoms. The lowest BCUT2D eigenvalue weighted by Gasteiger charge is -2.16. The molecule has 4 rings (SSSR count). The number of fused-ring (bicyclic) bond motifs is 1. The monoisotopic (exact) mass is 275 g/mol. The summed E-state index contributed by atoms with van der Waals surface area (Å²) in [7, 11) is 0. The van der Waals surface area contributed by atoms with Gasteiger partial charge < -0.3 is 9.88 Å². The van der Waals surface area contributed by atoms with Crippen LogP contribution in [-0.4, -0.2) is 22.6 Å². The molecule has 0 radical (unpaired) electrons. The van der Waals surface area contributed by atoms with Gasteiger partial charge in [-0.2, -0.15) is 0 Å². The Morgan fingerprint density at radius 2 is 2.16 bits per heavy atom. The minimum absolute atomic E-state index is 0.534. The predicted octanol–water partition coefficient (Wildman–Crippen LogP) is 3.35. The van der Waals surface area contributed by atoms with Crippen LogP contribution >= 0.6 is 11.6 Å². The van der Waals surface area contributed by atoms with Crippen LogP contribution in [0, 0.1) is 5.92 Å². The van der Waals surface area contributed by atoms with E-state index in [4.69, 9.17) is 16.6 Å². The minimum atomic E-state index is 0.534. The molecule has 3 nitrogen and oxygen atoms in total. The lowest BCUT2D eigenvalue weighted by atomic mass is 9.97.